The van der Waals surface area contributed by atoms with E-state index in [-0.39, 0.29) is 0 Å². The Morgan fingerprint density at radius 2 is 1.21 bits per heavy atom. The van der Waals surface area contributed by atoms with Crippen molar-refractivity contribution in [2.24, 2.45) is 0 Å². The number of rotatable bonds is 0. The first-order valence-corrected chi connectivity index (χ1v) is 7.12. The Hall–Kier alpha value is -1.70. The van der Waals surface area contributed by atoms with Gasteiger partial charge < -0.3 is 0 Å². The molecule has 0 bridgehead atoms. The summed E-state index contributed by atoms with van der Waals surface area (Å²) < 4.78 is 4.96. The number of aryl methyl sites for hydroxylation is 2. The average Bonchev–Trinajstić information content (AvgIpc) is 2.47. The van der Waals surface area contributed by atoms with Crippen molar-refractivity contribution in [3.8, 4) is 11.4 Å². The molecular weight excluding hydrogens is 232 g/mol. The highest BCUT2D eigenvalue weighted by Crippen LogP contribution is 2.24. The van der Waals surface area contributed by atoms with Crippen LogP contribution in [0.2, 0.25) is 0 Å². The molecule has 1 aliphatic heterocycles. The van der Waals surface area contributed by atoms with Gasteiger partial charge in [0.1, 0.15) is 0 Å². The third-order valence-electron chi connectivity index (χ3n) is 4.29. The third kappa shape index (κ3) is 1.86. The first kappa shape index (κ1) is 12.3. The Bertz CT molecular complexity index is 576. The van der Waals surface area contributed by atoms with Crippen molar-refractivity contribution in [1.29, 1.82) is 0 Å². The highest BCUT2D eigenvalue weighted by atomic mass is 15.1. The number of pyridine rings is 2. The van der Waals surface area contributed by atoms with E-state index in [0.29, 0.717) is 12.1 Å². The minimum Gasteiger partial charge on any atom is -0.188 e. The maximum atomic E-state index is 2.48. The zero-order valence-corrected chi connectivity index (χ0v) is 12.2. The lowest BCUT2D eigenvalue weighted by Crippen LogP contribution is -2.43. The van der Waals surface area contributed by atoms with Gasteiger partial charge in [0.25, 0.3) is 11.4 Å². The van der Waals surface area contributed by atoms with Crippen molar-refractivity contribution in [3.05, 3.63) is 47.8 Å². The summed E-state index contributed by atoms with van der Waals surface area (Å²) >= 11 is 0. The second-order valence-corrected chi connectivity index (χ2v) is 5.78. The van der Waals surface area contributed by atoms with Crippen LogP contribution in [0.4, 0.5) is 0 Å². The fraction of sp³-hybridized carbons (Fsp3) is 0.412. The van der Waals surface area contributed by atoms with Gasteiger partial charge in [-0.25, -0.2) is 0 Å². The predicted octanol–water partition coefficient (Wildman–Crippen LogP) is 3.07. The summed E-state index contributed by atoms with van der Waals surface area (Å²) in [6.07, 6.45) is 1.17. The van der Waals surface area contributed by atoms with E-state index in [1.54, 1.807) is 0 Å². The number of fused-ring (bicyclic) bond motifs is 3. The van der Waals surface area contributed by atoms with Crippen LogP contribution in [0.1, 0.15) is 43.7 Å². The van der Waals surface area contributed by atoms with Crippen LogP contribution in [0.25, 0.3) is 11.4 Å². The molecule has 2 atom stereocenters. The third-order valence-corrected chi connectivity index (χ3v) is 4.29. The smallest absolute Gasteiger partial charge is 0.188 e. The van der Waals surface area contributed by atoms with Gasteiger partial charge in [0.15, 0.2) is 23.5 Å². The molecule has 2 nitrogen and oxygen atoms in total. The molecule has 3 rings (SSSR count). The Balaban J connectivity index is 2.37. The lowest BCUT2D eigenvalue weighted by molar-refractivity contribution is -0.721. The number of nitrogens with zero attached hydrogens (tertiary/aromatic N) is 2. The van der Waals surface area contributed by atoms with E-state index in [2.05, 4.69) is 73.2 Å². The number of aromatic nitrogens is 2. The Kier molecular flexibility index (Phi) is 2.89. The van der Waals surface area contributed by atoms with Crippen LogP contribution in [0.3, 0.4) is 0 Å². The molecule has 0 spiro atoms. The normalized spacial score (nSPS) is 21.5. The van der Waals surface area contributed by atoms with Crippen LogP contribution in [-0.2, 0) is 0 Å². The molecular formula is C17H22N2+2. The standard InChI is InChI=1S/C17H22N2/c1-12-7-5-9-16-17-10-6-8-13(2)19(17)15(4)11-14(3)18(12)16/h5-10,14-15H,11H2,1-4H3/q+2. The molecule has 0 aliphatic carbocycles. The lowest BCUT2D eigenvalue weighted by Gasteiger charge is -2.09. The van der Waals surface area contributed by atoms with Crippen molar-refractivity contribution >= 4 is 0 Å². The number of hydrogen-bond donors (Lipinski definition) is 0. The van der Waals surface area contributed by atoms with Crippen LogP contribution in [0.15, 0.2) is 36.4 Å². The molecule has 0 saturated carbocycles. The van der Waals surface area contributed by atoms with Crippen LogP contribution in [-0.4, -0.2) is 0 Å². The predicted molar refractivity (Wildman–Crippen MR) is 75.8 cm³/mol. The summed E-state index contributed by atoms with van der Waals surface area (Å²) in [5.74, 6) is 0. The zero-order chi connectivity index (χ0) is 13.6. The Labute approximate surface area is 115 Å². The van der Waals surface area contributed by atoms with Crippen LogP contribution in [0.5, 0.6) is 0 Å². The van der Waals surface area contributed by atoms with Gasteiger partial charge in [-0.05, 0) is 26.0 Å². The molecule has 0 saturated heterocycles. The molecule has 98 valence electrons. The molecule has 0 amide bonds. The molecule has 0 radical (unpaired) electrons. The summed E-state index contributed by atoms with van der Waals surface area (Å²) in [6, 6.07) is 14.3. The SMILES string of the molecule is Cc1cccc2[n+]1C(C)CC(C)[n+]1c(C)cccc1-2. The Morgan fingerprint density at radius 1 is 0.789 bits per heavy atom. The topological polar surface area (TPSA) is 7.76 Å². The van der Waals surface area contributed by atoms with Crippen LogP contribution in [0, 0.1) is 13.8 Å². The molecule has 0 fully saturated rings. The second kappa shape index (κ2) is 4.44. The molecule has 0 aromatic carbocycles. The van der Waals surface area contributed by atoms with Gasteiger partial charge >= 0.3 is 0 Å². The first-order chi connectivity index (χ1) is 9.09. The van der Waals surface area contributed by atoms with Crippen molar-refractivity contribution in [2.75, 3.05) is 0 Å². The maximum Gasteiger partial charge on any atom is 0.277 e. The van der Waals surface area contributed by atoms with Crippen molar-refractivity contribution in [1.82, 2.24) is 0 Å². The molecule has 2 unspecified atom stereocenters. The van der Waals surface area contributed by atoms with Gasteiger partial charge in [-0.15, -0.1) is 0 Å². The van der Waals surface area contributed by atoms with Gasteiger partial charge in [-0.3, -0.25) is 0 Å². The van der Waals surface area contributed by atoms with E-state index in [1.165, 1.54) is 29.2 Å². The van der Waals surface area contributed by atoms with Gasteiger partial charge in [0.05, 0.1) is 6.42 Å². The quantitative estimate of drug-likeness (QED) is 0.638. The largest absolute Gasteiger partial charge is 0.277 e. The molecule has 19 heavy (non-hydrogen) atoms. The summed E-state index contributed by atoms with van der Waals surface area (Å²) in [5.41, 5.74) is 5.35. The van der Waals surface area contributed by atoms with Crippen molar-refractivity contribution < 1.29 is 9.13 Å². The molecule has 1 aliphatic rings. The zero-order valence-electron chi connectivity index (χ0n) is 12.2. The monoisotopic (exact) mass is 254 g/mol. The van der Waals surface area contributed by atoms with E-state index in [0.717, 1.165) is 0 Å². The highest BCUT2D eigenvalue weighted by Gasteiger charge is 2.37. The minimum absolute atomic E-state index is 0.533. The molecule has 0 N–H and O–H groups in total. The fourth-order valence-electron chi connectivity index (χ4n) is 3.55. The Morgan fingerprint density at radius 3 is 1.63 bits per heavy atom. The first-order valence-electron chi connectivity index (χ1n) is 7.12. The summed E-state index contributed by atoms with van der Waals surface area (Å²) in [7, 11) is 0. The van der Waals surface area contributed by atoms with Crippen LogP contribution < -0.4 is 9.13 Å². The van der Waals surface area contributed by atoms with Gasteiger partial charge in [0, 0.05) is 38.1 Å². The number of hydrogen-bond acceptors (Lipinski definition) is 0. The fourth-order valence-corrected chi connectivity index (χ4v) is 3.55. The lowest BCUT2D eigenvalue weighted by atomic mass is 10.1. The van der Waals surface area contributed by atoms with Gasteiger partial charge in [0.2, 0.25) is 0 Å². The van der Waals surface area contributed by atoms with Crippen molar-refractivity contribution in [2.45, 2.75) is 46.2 Å². The van der Waals surface area contributed by atoms with E-state index < -0.39 is 0 Å². The minimum atomic E-state index is 0.533. The molecule has 2 aromatic heterocycles. The van der Waals surface area contributed by atoms with Gasteiger partial charge in [-0.1, -0.05) is 0 Å². The summed E-state index contributed by atoms with van der Waals surface area (Å²) in [6.45, 7) is 9.07. The second-order valence-electron chi connectivity index (χ2n) is 5.78. The molecule has 2 aromatic rings. The van der Waals surface area contributed by atoms with E-state index in [4.69, 9.17) is 0 Å². The molecule has 2 heteroatoms. The molecule has 3 heterocycles. The van der Waals surface area contributed by atoms with Crippen LogP contribution >= 0.6 is 0 Å². The highest BCUT2D eigenvalue weighted by molar-refractivity contribution is 5.47. The van der Waals surface area contributed by atoms with E-state index in [9.17, 15) is 0 Å². The summed E-state index contributed by atoms with van der Waals surface area (Å²) in [5, 5.41) is 0. The van der Waals surface area contributed by atoms with E-state index in [1.807, 2.05) is 0 Å². The maximum absolute atomic E-state index is 2.48. The van der Waals surface area contributed by atoms with E-state index >= 15 is 0 Å². The average molecular weight is 254 g/mol. The summed E-state index contributed by atoms with van der Waals surface area (Å²) in [4.78, 5) is 0. The van der Waals surface area contributed by atoms with Gasteiger partial charge in [-0.2, -0.15) is 9.13 Å². The van der Waals surface area contributed by atoms with Crippen molar-refractivity contribution in [3.63, 3.8) is 0 Å².